The number of hydrogen-bond donors (Lipinski definition) is 3. The molecule has 5 unspecified atom stereocenters. The fourth-order valence-electron chi connectivity index (χ4n) is 4.13. The van der Waals surface area contributed by atoms with Crippen molar-refractivity contribution in [2.24, 2.45) is 11.7 Å². The van der Waals surface area contributed by atoms with E-state index in [9.17, 15) is 14.4 Å². The van der Waals surface area contributed by atoms with Crippen LogP contribution >= 0.6 is 23.2 Å². The summed E-state index contributed by atoms with van der Waals surface area (Å²) in [5.41, 5.74) is 6.34. The first-order valence-electron chi connectivity index (χ1n) is 12.2. The van der Waals surface area contributed by atoms with Crippen molar-refractivity contribution in [3.8, 4) is 0 Å². The van der Waals surface area contributed by atoms with Gasteiger partial charge in [-0.2, -0.15) is 0 Å². The third-order valence-corrected chi connectivity index (χ3v) is 6.95. The van der Waals surface area contributed by atoms with Gasteiger partial charge in [0.15, 0.2) is 0 Å². The number of hydrogen-bond acceptors (Lipinski definition) is 8. The SMILES string of the molecule is CNCCCCOC1C(Cl)CC(C(=O)N[C@@H](Cc2ccccc2)C(=O)OC)C(OC(=O)CCN)C1Cl. The van der Waals surface area contributed by atoms with E-state index in [1.54, 1.807) is 0 Å². The highest BCUT2D eigenvalue weighted by Gasteiger charge is 2.49. The van der Waals surface area contributed by atoms with E-state index in [1.165, 1.54) is 7.11 Å². The number of esters is 2. The zero-order chi connectivity index (χ0) is 26.5. The van der Waals surface area contributed by atoms with Crippen molar-refractivity contribution in [2.75, 3.05) is 33.9 Å². The van der Waals surface area contributed by atoms with E-state index in [-0.39, 0.29) is 25.8 Å². The first-order chi connectivity index (χ1) is 17.3. The molecular weight excluding hydrogens is 509 g/mol. The second-order valence-electron chi connectivity index (χ2n) is 8.72. The van der Waals surface area contributed by atoms with Crippen molar-refractivity contribution in [1.29, 1.82) is 0 Å². The molecule has 1 aromatic rings. The molecule has 1 amide bonds. The summed E-state index contributed by atoms with van der Waals surface area (Å²) < 4.78 is 16.5. The molecule has 0 heterocycles. The first kappa shape index (κ1) is 30.3. The Morgan fingerprint density at radius 3 is 2.50 bits per heavy atom. The molecule has 1 aromatic carbocycles. The number of methoxy groups -OCH3 is 1. The summed E-state index contributed by atoms with van der Waals surface area (Å²) in [5, 5.41) is 4.36. The summed E-state index contributed by atoms with van der Waals surface area (Å²) in [7, 11) is 3.13. The number of nitrogens with two attached hydrogens (primary N) is 1. The van der Waals surface area contributed by atoms with Crippen molar-refractivity contribution >= 4 is 41.0 Å². The number of rotatable bonds is 14. The molecule has 202 valence electrons. The highest BCUT2D eigenvalue weighted by atomic mass is 35.5. The van der Waals surface area contributed by atoms with Crippen LogP contribution in [0.3, 0.4) is 0 Å². The van der Waals surface area contributed by atoms with Gasteiger partial charge in [-0.05, 0) is 38.4 Å². The summed E-state index contributed by atoms with van der Waals surface area (Å²) in [6.07, 6.45) is 0.453. The van der Waals surface area contributed by atoms with Gasteiger partial charge in [0.05, 0.1) is 36.3 Å². The van der Waals surface area contributed by atoms with E-state index in [2.05, 4.69) is 10.6 Å². The lowest BCUT2D eigenvalue weighted by atomic mass is 9.82. The summed E-state index contributed by atoms with van der Waals surface area (Å²) in [5.74, 6) is -2.55. The van der Waals surface area contributed by atoms with Crippen LogP contribution in [-0.2, 0) is 35.0 Å². The number of benzene rings is 1. The van der Waals surface area contributed by atoms with E-state index in [0.717, 1.165) is 24.9 Å². The number of alkyl halides is 2. The van der Waals surface area contributed by atoms with Crippen LogP contribution in [0.25, 0.3) is 0 Å². The van der Waals surface area contributed by atoms with Gasteiger partial charge in [0, 0.05) is 19.6 Å². The Bertz CT molecular complexity index is 831. The Kier molecular flexibility index (Phi) is 13.5. The zero-order valence-corrected chi connectivity index (χ0v) is 22.3. The van der Waals surface area contributed by atoms with Crippen LogP contribution < -0.4 is 16.4 Å². The van der Waals surface area contributed by atoms with Crippen molar-refractivity contribution < 1.29 is 28.6 Å². The summed E-state index contributed by atoms with van der Waals surface area (Å²) in [4.78, 5) is 38.2. The highest BCUT2D eigenvalue weighted by molar-refractivity contribution is 6.25. The molecule has 0 radical (unpaired) electrons. The van der Waals surface area contributed by atoms with Gasteiger partial charge in [-0.25, -0.2) is 4.79 Å². The van der Waals surface area contributed by atoms with E-state index < -0.39 is 52.8 Å². The monoisotopic (exact) mass is 545 g/mol. The molecule has 2 rings (SSSR count). The minimum absolute atomic E-state index is 0.0207. The molecule has 11 heteroatoms. The van der Waals surface area contributed by atoms with Gasteiger partial charge in [0.1, 0.15) is 12.1 Å². The predicted molar refractivity (Wildman–Crippen MR) is 138 cm³/mol. The Balaban J connectivity index is 2.17. The minimum atomic E-state index is -1.00. The molecule has 0 bridgehead atoms. The maximum atomic E-state index is 13.4. The number of carbonyl (C=O) groups excluding carboxylic acids is 3. The smallest absolute Gasteiger partial charge is 0.328 e. The fraction of sp³-hybridized carbons (Fsp3) is 0.640. The lowest BCUT2D eigenvalue weighted by molar-refractivity contribution is -0.160. The maximum absolute atomic E-state index is 13.4. The van der Waals surface area contributed by atoms with E-state index in [4.69, 9.17) is 43.1 Å². The minimum Gasteiger partial charge on any atom is -0.467 e. The number of ether oxygens (including phenoxy) is 3. The zero-order valence-electron chi connectivity index (χ0n) is 20.8. The standard InChI is InChI=1S/C25H37Cl2N3O6/c1-29-12-6-7-13-35-23-18(26)15-17(22(21(23)27)36-20(31)10-11-28)24(32)30-19(25(33)34-2)14-16-8-4-3-5-9-16/h3-5,8-9,17-19,21-23,29H,6-7,10-15,28H2,1-2H3,(H,30,32)/t17?,18?,19-,21?,22?,23?/m0/s1. The topological polar surface area (TPSA) is 129 Å². The van der Waals surface area contributed by atoms with Crippen LogP contribution in [0.15, 0.2) is 30.3 Å². The molecule has 0 saturated heterocycles. The van der Waals surface area contributed by atoms with Crippen LogP contribution in [-0.4, -0.2) is 80.7 Å². The van der Waals surface area contributed by atoms with Crippen LogP contribution in [0.1, 0.15) is 31.2 Å². The van der Waals surface area contributed by atoms with Gasteiger partial charge >= 0.3 is 11.9 Å². The molecule has 1 aliphatic carbocycles. The third-order valence-electron chi connectivity index (χ3n) is 6.03. The van der Waals surface area contributed by atoms with Gasteiger partial charge < -0.3 is 30.6 Å². The van der Waals surface area contributed by atoms with Gasteiger partial charge in [-0.3, -0.25) is 9.59 Å². The molecule has 6 atom stereocenters. The average molecular weight is 546 g/mol. The molecule has 0 aliphatic heterocycles. The lowest BCUT2D eigenvalue weighted by Crippen LogP contribution is -2.57. The fourth-order valence-corrected chi connectivity index (χ4v) is 5.11. The average Bonchev–Trinajstić information content (AvgIpc) is 2.87. The number of carbonyl (C=O) groups is 3. The van der Waals surface area contributed by atoms with Crippen molar-refractivity contribution in [3.63, 3.8) is 0 Å². The molecule has 0 spiro atoms. The molecule has 36 heavy (non-hydrogen) atoms. The Labute approximate surface area is 222 Å². The maximum Gasteiger partial charge on any atom is 0.328 e. The second kappa shape index (κ2) is 16.0. The van der Waals surface area contributed by atoms with Crippen LogP contribution in [0, 0.1) is 5.92 Å². The summed E-state index contributed by atoms with van der Waals surface area (Å²) in [6.45, 7) is 1.38. The predicted octanol–water partition coefficient (Wildman–Crippen LogP) is 1.77. The second-order valence-corrected chi connectivity index (χ2v) is 9.78. The van der Waals surface area contributed by atoms with Crippen molar-refractivity contribution in [3.05, 3.63) is 35.9 Å². The Morgan fingerprint density at radius 2 is 1.86 bits per heavy atom. The first-order valence-corrected chi connectivity index (χ1v) is 13.1. The number of nitrogens with one attached hydrogen (secondary N) is 2. The van der Waals surface area contributed by atoms with Crippen LogP contribution in [0.4, 0.5) is 0 Å². The Morgan fingerprint density at radius 1 is 1.14 bits per heavy atom. The van der Waals surface area contributed by atoms with E-state index >= 15 is 0 Å². The van der Waals surface area contributed by atoms with E-state index in [0.29, 0.717) is 6.61 Å². The molecule has 1 saturated carbocycles. The summed E-state index contributed by atoms with van der Waals surface area (Å²) >= 11 is 13.3. The van der Waals surface area contributed by atoms with Crippen LogP contribution in [0.5, 0.6) is 0 Å². The molecule has 1 aliphatic rings. The van der Waals surface area contributed by atoms with Gasteiger partial charge in [0.2, 0.25) is 5.91 Å². The lowest BCUT2D eigenvalue weighted by Gasteiger charge is -2.41. The molecule has 9 nitrogen and oxygen atoms in total. The normalized spacial score (nSPS) is 24.5. The van der Waals surface area contributed by atoms with Crippen molar-refractivity contribution in [1.82, 2.24) is 10.6 Å². The highest BCUT2D eigenvalue weighted by Crippen LogP contribution is 2.36. The Hall–Kier alpha value is -1.91. The van der Waals surface area contributed by atoms with Gasteiger partial charge in [-0.15, -0.1) is 23.2 Å². The quantitative estimate of drug-likeness (QED) is 0.183. The largest absolute Gasteiger partial charge is 0.467 e. The van der Waals surface area contributed by atoms with Crippen molar-refractivity contribution in [2.45, 2.75) is 61.1 Å². The van der Waals surface area contributed by atoms with Gasteiger partial charge in [0.25, 0.3) is 0 Å². The molecule has 1 fully saturated rings. The van der Waals surface area contributed by atoms with Crippen LogP contribution in [0.2, 0.25) is 0 Å². The van der Waals surface area contributed by atoms with Gasteiger partial charge in [-0.1, -0.05) is 30.3 Å². The third kappa shape index (κ3) is 9.19. The van der Waals surface area contributed by atoms with E-state index in [1.807, 2.05) is 37.4 Å². The number of amides is 1. The number of unbranched alkanes of at least 4 members (excludes halogenated alkanes) is 1. The molecule has 4 N–H and O–H groups in total. The summed E-state index contributed by atoms with van der Waals surface area (Å²) in [6, 6.07) is 8.31. The molecule has 0 aromatic heterocycles. The molecular formula is C25H37Cl2N3O6. The number of halogens is 2.